The topological polar surface area (TPSA) is 64.3 Å². The monoisotopic (exact) mass is 264 g/mol. The lowest BCUT2D eigenvalue weighted by Crippen LogP contribution is -2.27. The second-order valence-corrected chi connectivity index (χ2v) is 4.46. The second-order valence-electron chi connectivity index (χ2n) is 4.46. The number of ether oxygens (including phenoxy) is 1. The molecular weight excluding hydrogens is 240 g/mol. The molecule has 3 N–H and O–H groups in total. The smallest absolute Gasteiger partial charge is 0.220 e. The Kier molecular flexibility index (Phi) is 7.86. The minimum atomic E-state index is -0.0232. The molecule has 1 aromatic carbocycles. The van der Waals surface area contributed by atoms with Crippen molar-refractivity contribution in [2.75, 3.05) is 19.8 Å². The Morgan fingerprint density at radius 1 is 1.37 bits per heavy atom. The highest BCUT2D eigenvalue weighted by Gasteiger charge is 2.06. The predicted molar refractivity (Wildman–Crippen MR) is 76.7 cm³/mol. The summed E-state index contributed by atoms with van der Waals surface area (Å²) in [6.45, 7) is 3.91. The zero-order chi connectivity index (χ0) is 13.9. The Hall–Kier alpha value is -1.39. The third-order valence-electron chi connectivity index (χ3n) is 2.90. The molecule has 1 atom stereocenters. The van der Waals surface area contributed by atoms with Crippen molar-refractivity contribution in [2.24, 2.45) is 5.73 Å². The Labute approximate surface area is 115 Å². The van der Waals surface area contributed by atoms with Gasteiger partial charge in [0.05, 0.1) is 0 Å². The quantitative estimate of drug-likeness (QED) is 0.671. The van der Waals surface area contributed by atoms with Crippen LogP contribution >= 0.6 is 0 Å². The van der Waals surface area contributed by atoms with Gasteiger partial charge in [-0.05, 0) is 25.3 Å². The summed E-state index contributed by atoms with van der Waals surface area (Å²) in [5, 5.41) is 2.89. The molecule has 4 heteroatoms. The van der Waals surface area contributed by atoms with Crippen molar-refractivity contribution in [3.8, 4) is 0 Å². The Morgan fingerprint density at radius 3 is 2.79 bits per heavy atom. The normalized spacial score (nSPS) is 12.1. The van der Waals surface area contributed by atoms with E-state index in [-0.39, 0.29) is 11.9 Å². The highest BCUT2D eigenvalue weighted by molar-refractivity contribution is 5.75. The molecule has 1 rings (SSSR count). The largest absolute Gasteiger partial charge is 0.382 e. The van der Waals surface area contributed by atoms with Gasteiger partial charge >= 0.3 is 0 Å². The summed E-state index contributed by atoms with van der Waals surface area (Å²) in [7, 11) is 0. The number of carbonyl (C=O) groups is 1. The molecule has 0 aliphatic heterocycles. The van der Waals surface area contributed by atoms with Gasteiger partial charge in [-0.15, -0.1) is 0 Å². The highest BCUT2D eigenvalue weighted by atomic mass is 16.5. The first-order valence-corrected chi connectivity index (χ1v) is 6.89. The van der Waals surface area contributed by atoms with Crippen LogP contribution in [0.1, 0.15) is 37.8 Å². The molecule has 0 heterocycles. The second kappa shape index (κ2) is 9.53. The van der Waals surface area contributed by atoms with E-state index in [1.807, 2.05) is 37.3 Å². The molecule has 0 saturated heterocycles. The van der Waals surface area contributed by atoms with Crippen LogP contribution in [-0.2, 0) is 9.53 Å². The van der Waals surface area contributed by atoms with E-state index in [4.69, 9.17) is 10.5 Å². The van der Waals surface area contributed by atoms with Crippen molar-refractivity contribution < 1.29 is 9.53 Å². The zero-order valence-electron chi connectivity index (χ0n) is 11.6. The molecule has 4 nitrogen and oxygen atoms in total. The number of amides is 1. The van der Waals surface area contributed by atoms with Crippen LogP contribution in [0.2, 0.25) is 0 Å². The molecule has 1 aromatic rings. The Balaban J connectivity index is 2.11. The molecule has 0 fully saturated rings. The average molecular weight is 264 g/mol. The van der Waals surface area contributed by atoms with Gasteiger partial charge in [0.2, 0.25) is 5.91 Å². The standard InChI is InChI=1S/C15H24N2O2/c1-2-19-12-6-9-15(18)17-11-10-14(16)13-7-4-3-5-8-13/h3-5,7-8,14H,2,6,9-12,16H2,1H3,(H,17,18). The number of nitrogens with two attached hydrogens (primary N) is 1. The number of benzene rings is 1. The summed E-state index contributed by atoms with van der Waals surface area (Å²) in [5.41, 5.74) is 7.15. The van der Waals surface area contributed by atoms with Crippen molar-refractivity contribution in [2.45, 2.75) is 32.2 Å². The summed E-state index contributed by atoms with van der Waals surface area (Å²) in [6.07, 6.45) is 2.03. The third-order valence-corrected chi connectivity index (χ3v) is 2.90. The fraction of sp³-hybridized carbons (Fsp3) is 0.533. The molecule has 106 valence electrons. The van der Waals surface area contributed by atoms with Gasteiger partial charge in [-0.1, -0.05) is 30.3 Å². The van der Waals surface area contributed by atoms with Crippen molar-refractivity contribution in [3.05, 3.63) is 35.9 Å². The molecule has 0 aliphatic rings. The van der Waals surface area contributed by atoms with E-state index >= 15 is 0 Å². The lowest BCUT2D eigenvalue weighted by Gasteiger charge is -2.12. The first-order valence-electron chi connectivity index (χ1n) is 6.89. The molecule has 0 aliphatic carbocycles. The molecule has 0 spiro atoms. The summed E-state index contributed by atoms with van der Waals surface area (Å²) >= 11 is 0. The van der Waals surface area contributed by atoms with Crippen LogP contribution in [-0.4, -0.2) is 25.7 Å². The third kappa shape index (κ3) is 6.94. The highest BCUT2D eigenvalue weighted by Crippen LogP contribution is 2.12. The van der Waals surface area contributed by atoms with Gasteiger partial charge in [-0.3, -0.25) is 4.79 Å². The van der Waals surface area contributed by atoms with Crippen molar-refractivity contribution >= 4 is 5.91 Å². The van der Waals surface area contributed by atoms with Gasteiger partial charge in [-0.25, -0.2) is 0 Å². The van der Waals surface area contributed by atoms with Crippen molar-refractivity contribution in [3.63, 3.8) is 0 Å². The summed E-state index contributed by atoms with van der Waals surface area (Å²) in [4.78, 5) is 11.5. The van der Waals surface area contributed by atoms with Crippen LogP contribution in [0.25, 0.3) is 0 Å². The van der Waals surface area contributed by atoms with Gasteiger partial charge in [0.1, 0.15) is 0 Å². The lowest BCUT2D eigenvalue weighted by molar-refractivity contribution is -0.121. The number of carbonyl (C=O) groups excluding carboxylic acids is 1. The minimum Gasteiger partial charge on any atom is -0.382 e. The van der Waals surface area contributed by atoms with E-state index in [0.717, 1.165) is 18.4 Å². The number of hydrogen-bond donors (Lipinski definition) is 2. The molecule has 0 saturated carbocycles. The molecule has 0 radical (unpaired) electrons. The van der Waals surface area contributed by atoms with E-state index < -0.39 is 0 Å². The van der Waals surface area contributed by atoms with Crippen LogP contribution in [0.5, 0.6) is 0 Å². The first kappa shape index (κ1) is 15.7. The van der Waals surface area contributed by atoms with Gasteiger partial charge in [-0.2, -0.15) is 0 Å². The fourth-order valence-corrected chi connectivity index (χ4v) is 1.80. The summed E-state index contributed by atoms with van der Waals surface area (Å²) < 4.78 is 5.18. The van der Waals surface area contributed by atoms with Crippen LogP contribution in [0.15, 0.2) is 30.3 Å². The zero-order valence-corrected chi connectivity index (χ0v) is 11.6. The molecule has 1 amide bonds. The number of hydrogen-bond acceptors (Lipinski definition) is 3. The van der Waals surface area contributed by atoms with Crippen LogP contribution in [0.3, 0.4) is 0 Å². The average Bonchev–Trinajstić information content (AvgIpc) is 2.44. The maximum atomic E-state index is 11.5. The predicted octanol–water partition coefficient (Wildman–Crippen LogP) is 2.01. The molecule has 1 unspecified atom stereocenters. The van der Waals surface area contributed by atoms with E-state index in [1.165, 1.54) is 0 Å². The van der Waals surface area contributed by atoms with E-state index in [0.29, 0.717) is 26.2 Å². The van der Waals surface area contributed by atoms with Gasteiger partial charge in [0.15, 0.2) is 0 Å². The lowest BCUT2D eigenvalue weighted by atomic mass is 10.1. The molecule has 19 heavy (non-hydrogen) atoms. The van der Waals surface area contributed by atoms with E-state index in [1.54, 1.807) is 0 Å². The number of rotatable bonds is 9. The minimum absolute atomic E-state index is 0.0232. The number of nitrogens with one attached hydrogen (secondary N) is 1. The van der Waals surface area contributed by atoms with Crippen molar-refractivity contribution in [1.82, 2.24) is 5.32 Å². The van der Waals surface area contributed by atoms with Crippen molar-refractivity contribution in [1.29, 1.82) is 0 Å². The fourth-order valence-electron chi connectivity index (χ4n) is 1.80. The molecular formula is C15H24N2O2. The first-order chi connectivity index (χ1) is 9.24. The Morgan fingerprint density at radius 2 is 2.11 bits per heavy atom. The maximum Gasteiger partial charge on any atom is 0.220 e. The summed E-state index contributed by atoms with van der Waals surface area (Å²) in [6, 6.07) is 9.91. The van der Waals surface area contributed by atoms with E-state index in [9.17, 15) is 4.79 Å². The maximum absolute atomic E-state index is 11.5. The van der Waals surface area contributed by atoms with Crippen LogP contribution in [0.4, 0.5) is 0 Å². The Bertz CT molecular complexity index is 354. The summed E-state index contributed by atoms with van der Waals surface area (Å²) in [5.74, 6) is 0.0694. The van der Waals surface area contributed by atoms with Crippen LogP contribution in [0, 0.1) is 0 Å². The molecule has 0 aromatic heterocycles. The molecule has 0 bridgehead atoms. The van der Waals surface area contributed by atoms with Crippen LogP contribution < -0.4 is 11.1 Å². The van der Waals surface area contributed by atoms with Gasteiger partial charge < -0.3 is 15.8 Å². The SMILES string of the molecule is CCOCCCC(=O)NCCC(N)c1ccccc1. The van der Waals surface area contributed by atoms with Gasteiger partial charge in [0.25, 0.3) is 0 Å². The van der Waals surface area contributed by atoms with Gasteiger partial charge in [0, 0.05) is 32.2 Å². The van der Waals surface area contributed by atoms with E-state index in [2.05, 4.69) is 5.32 Å².